The fraction of sp³-hybridized carbons (Fsp3) is 0.136. The van der Waals surface area contributed by atoms with Crippen LogP contribution in [0, 0.1) is 5.82 Å². The Morgan fingerprint density at radius 1 is 1.10 bits per heavy atom. The van der Waals surface area contributed by atoms with Gasteiger partial charge in [0.2, 0.25) is 5.91 Å². The van der Waals surface area contributed by atoms with Gasteiger partial charge in [0.25, 0.3) is 0 Å². The molecule has 1 amide bonds. The standard InChI is InChI=1S/C22H16ClFN6O/c23-15-3-1-2-14(9-15)22(6-7-22)21(31)26-17-4-5-18(13-8-16(24)12-25-11-13)19(10-17)20-27-29-30-28-20/h1-5,8-12H,6-7H2,(H,26,31)(H,27,28,29,30). The third kappa shape index (κ3) is 3.66. The summed E-state index contributed by atoms with van der Waals surface area (Å²) in [6, 6.07) is 14.1. The minimum absolute atomic E-state index is 0.100. The molecule has 31 heavy (non-hydrogen) atoms. The summed E-state index contributed by atoms with van der Waals surface area (Å²) < 4.78 is 13.7. The lowest BCUT2D eigenvalue weighted by Crippen LogP contribution is -2.27. The van der Waals surface area contributed by atoms with Gasteiger partial charge in [-0.3, -0.25) is 9.78 Å². The Bertz CT molecular complexity index is 1270. The molecule has 0 radical (unpaired) electrons. The van der Waals surface area contributed by atoms with Crippen molar-refractivity contribution in [2.75, 3.05) is 5.32 Å². The SMILES string of the molecule is O=C(Nc1ccc(-c2cncc(F)c2)c(-c2nnn[nH]2)c1)C1(c2cccc(Cl)c2)CC1. The van der Waals surface area contributed by atoms with E-state index in [9.17, 15) is 9.18 Å². The summed E-state index contributed by atoms with van der Waals surface area (Å²) in [5.41, 5.74) is 2.77. The van der Waals surface area contributed by atoms with Gasteiger partial charge in [-0.15, -0.1) is 5.10 Å². The number of amides is 1. The summed E-state index contributed by atoms with van der Waals surface area (Å²) in [6.07, 6.45) is 4.21. The fourth-order valence-electron chi connectivity index (χ4n) is 3.71. The molecule has 1 fully saturated rings. The minimum Gasteiger partial charge on any atom is -0.325 e. The smallest absolute Gasteiger partial charge is 0.235 e. The van der Waals surface area contributed by atoms with Gasteiger partial charge in [-0.1, -0.05) is 29.8 Å². The van der Waals surface area contributed by atoms with E-state index in [0.29, 0.717) is 33.2 Å². The maximum absolute atomic E-state index is 13.7. The zero-order valence-corrected chi connectivity index (χ0v) is 16.9. The van der Waals surface area contributed by atoms with Crippen molar-refractivity contribution in [3.8, 4) is 22.5 Å². The largest absolute Gasteiger partial charge is 0.325 e. The first-order valence-corrected chi connectivity index (χ1v) is 9.99. The Balaban J connectivity index is 1.49. The number of hydrogen-bond donors (Lipinski definition) is 2. The first-order chi connectivity index (χ1) is 15.0. The number of nitrogens with zero attached hydrogens (tertiary/aromatic N) is 4. The van der Waals surface area contributed by atoms with Crippen LogP contribution in [0.2, 0.25) is 5.02 Å². The molecule has 2 aromatic heterocycles. The average Bonchev–Trinajstić information content (AvgIpc) is 3.41. The number of aromatic amines is 1. The number of carbonyl (C=O) groups excluding carboxylic acids is 1. The van der Waals surface area contributed by atoms with Crippen LogP contribution in [0.5, 0.6) is 0 Å². The first kappa shape index (κ1) is 19.3. The van der Waals surface area contributed by atoms with Crippen LogP contribution in [0.1, 0.15) is 18.4 Å². The molecule has 9 heteroatoms. The molecular weight excluding hydrogens is 419 g/mol. The summed E-state index contributed by atoms with van der Waals surface area (Å²) in [5.74, 6) is -0.156. The Morgan fingerprint density at radius 2 is 1.97 bits per heavy atom. The topological polar surface area (TPSA) is 96.5 Å². The van der Waals surface area contributed by atoms with Crippen molar-refractivity contribution in [1.82, 2.24) is 25.6 Å². The zero-order chi connectivity index (χ0) is 21.4. The highest BCUT2D eigenvalue weighted by molar-refractivity contribution is 6.30. The maximum atomic E-state index is 13.7. The lowest BCUT2D eigenvalue weighted by atomic mass is 9.94. The number of halogens is 2. The highest BCUT2D eigenvalue weighted by atomic mass is 35.5. The third-order valence-corrected chi connectivity index (χ3v) is 5.69. The van der Waals surface area contributed by atoms with Gasteiger partial charge < -0.3 is 5.32 Å². The van der Waals surface area contributed by atoms with Gasteiger partial charge in [0.05, 0.1) is 11.6 Å². The molecule has 7 nitrogen and oxygen atoms in total. The Labute approximate surface area is 181 Å². The number of aromatic nitrogens is 5. The lowest BCUT2D eigenvalue weighted by Gasteiger charge is -2.17. The van der Waals surface area contributed by atoms with Gasteiger partial charge in [-0.05, 0) is 64.7 Å². The molecular formula is C22H16ClFN6O. The number of H-pyrrole nitrogens is 1. The predicted octanol–water partition coefficient (Wildman–Crippen LogP) is 4.39. The van der Waals surface area contributed by atoms with E-state index in [1.54, 1.807) is 30.5 Å². The number of anilines is 1. The molecule has 0 aliphatic heterocycles. The van der Waals surface area contributed by atoms with Crippen molar-refractivity contribution < 1.29 is 9.18 Å². The molecule has 1 aliphatic carbocycles. The van der Waals surface area contributed by atoms with Crippen LogP contribution in [0.4, 0.5) is 10.1 Å². The van der Waals surface area contributed by atoms with Crippen LogP contribution in [0.3, 0.4) is 0 Å². The van der Waals surface area contributed by atoms with Gasteiger partial charge >= 0.3 is 0 Å². The summed E-state index contributed by atoms with van der Waals surface area (Å²) in [7, 11) is 0. The molecule has 0 spiro atoms. The average molecular weight is 435 g/mol. The van der Waals surface area contributed by atoms with E-state index in [1.165, 1.54) is 6.07 Å². The number of benzene rings is 2. The van der Waals surface area contributed by atoms with E-state index < -0.39 is 11.2 Å². The molecule has 1 saturated carbocycles. The summed E-state index contributed by atoms with van der Waals surface area (Å²) in [5, 5.41) is 17.6. The van der Waals surface area contributed by atoms with Gasteiger partial charge in [-0.25, -0.2) is 9.49 Å². The molecule has 2 N–H and O–H groups in total. The molecule has 4 aromatic rings. The highest BCUT2D eigenvalue weighted by Gasteiger charge is 2.51. The van der Waals surface area contributed by atoms with Gasteiger partial charge in [-0.2, -0.15) is 0 Å². The lowest BCUT2D eigenvalue weighted by molar-refractivity contribution is -0.118. The number of nitrogens with one attached hydrogen (secondary N) is 2. The number of carbonyl (C=O) groups is 1. The second-order valence-electron chi connectivity index (χ2n) is 7.45. The minimum atomic E-state index is -0.579. The van der Waals surface area contributed by atoms with Gasteiger partial charge in [0.15, 0.2) is 5.82 Å². The van der Waals surface area contributed by atoms with Crippen molar-refractivity contribution in [3.63, 3.8) is 0 Å². The molecule has 2 aromatic carbocycles. The Hall–Kier alpha value is -3.65. The maximum Gasteiger partial charge on any atom is 0.235 e. The summed E-state index contributed by atoms with van der Waals surface area (Å²) in [6.45, 7) is 0. The molecule has 0 atom stereocenters. The van der Waals surface area contributed by atoms with E-state index in [-0.39, 0.29) is 5.91 Å². The van der Waals surface area contributed by atoms with E-state index >= 15 is 0 Å². The van der Waals surface area contributed by atoms with Gasteiger partial charge in [0.1, 0.15) is 5.82 Å². The van der Waals surface area contributed by atoms with Crippen LogP contribution in [0.25, 0.3) is 22.5 Å². The number of pyridine rings is 1. The second kappa shape index (κ2) is 7.55. The molecule has 154 valence electrons. The van der Waals surface area contributed by atoms with Crippen LogP contribution >= 0.6 is 11.6 Å². The Kier molecular flexibility index (Phi) is 4.71. The molecule has 2 heterocycles. The van der Waals surface area contributed by atoms with Crippen molar-refractivity contribution in [1.29, 1.82) is 0 Å². The Morgan fingerprint density at radius 3 is 2.68 bits per heavy atom. The van der Waals surface area contributed by atoms with Crippen LogP contribution < -0.4 is 5.32 Å². The second-order valence-corrected chi connectivity index (χ2v) is 7.89. The van der Waals surface area contributed by atoms with Crippen LogP contribution in [-0.4, -0.2) is 31.5 Å². The molecule has 5 rings (SSSR count). The first-order valence-electron chi connectivity index (χ1n) is 9.62. The number of tetrazole rings is 1. The van der Waals surface area contributed by atoms with Crippen molar-refractivity contribution >= 4 is 23.2 Å². The predicted molar refractivity (Wildman–Crippen MR) is 114 cm³/mol. The van der Waals surface area contributed by atoms with Crippen molar-refractivity contribution in [2.45, 2.75) is 18.3 Å². The molecule has 1 aliphatic rings. The van der Waals surface area contributed by atoms with E-state index in [2.05, 4.69) is 30.9 Å². The van der Waals surface area contributed by atoms with Gasteiger partial charge in [0, 0.05) is 28.0 Å². The molecule has 0 saturated heterocycles. The molecule has 0 bridgehead atoms. The zero-order valence-electron chi connectivity index (χ0n) is 16.1. The van der Waals surface area contributed by atoms with E-state index in [0.717, 1.165) is 24.6 Å². The van der Waals surface area contributed by atoms with Crippen molar-refractivity contribution in [3.05, 3.63) is 77.3 Å². The fourth-order valence-corrected chi connectivity index (χ4v) is 3.90. The quantitative estimate of drug-likeness (QED) is 0.485. The van der Waals surface area contributed by atoms with Crippen LogP contribution in [0.15, 0.2) is 60.9 Å². The van der Waals surface area contributed by atoms with Crippen molar-refractivity contribution in [2.24, 2.45) is 0 Å². The van der Waals surface area contributed by atoms with E-state index in [4.69, 9.17) is 11.6 Å². The third-order valence-electron chi connectivity index (χ3n) is 5.46. The van der Waals surface area contributed by atoms with E-state index in [1.807, 2.05) is 18.2 Å². The number of hydrogen-bond acceptors (Lipinski definition) is 5. The highest BCUT2D eigenvalue weighted by Crippen LogP contribution is 2.49. The summed E-state index contributed by atoms with van der Waals surface area (Å²) in [4.78, 5) is 17.1. The monoisotopic (exact) mass is 434 g/mol. The van der Waals surface area contributed by atoms with Crippen LogP contribution in [-0.2, 0) is 10.2 Å². The molecule has 0 unspecified atom stereocenters. The normalized spacial score (nSPS) is 14.3. The number of rotatable bonds is 5. The summed E-state index contributed by atoms with van der Waals surface area (Å²) >= 11 is 6.12.